The average Bonchev–Trinajstić information content (AvgIpc) is 2.43. The zero-order chi connectivity index (χ0) is 14.0. The van der Waals surface area contributed by atoms with Crippen molar-refractivity contribution in [3.05, 3.63) is 0 Å². The van der Waals surface area contributed by atoms with E-state index in [0.29, 0.717) is 0 Å². The van der Waals surface area contributed by atoms with Gasteiger partial charge in [0.2, 0.25) is 0 Å². The van der Waals surface area contributed by atoms with Crippen LogP contribution in [0.15, 0.2) is 0 Å². The topological polar surface area (TPSA) is 36.1 Å². The van der Waals surface area contributed by atoms with E-state index in [1.165, 1.54) is 90.6 Å². The van der Waals surface area contributed by atoms with Gasteiger partial charge in [0, 0.05) is 0 Å². The molecule has 0 aromatic heterocycles. The lowest BCUT2D eigenvalue weighted by atomic mass is 10.2. The molecule has 116 valence electrons. The van der Waals surface area contributed by atoms with Crippen LogP contribution in [0.1, 0.15) is 65.2 Å². The van der Waals surface area contributed by atoms with Crippen molar-refractivity contribution in [2.75, 3.05) is 39.3 Å². The van der Waals surface area contributed by atoms with Crippen LogP contribution < -0.4 is 16.0 Å². The third-order valence-corrected chi connectivity index (χ3v) is 3.33. The molecule has 0 radical (unpaired) electrons. The lowest BCUT2D eigenvalue weighted by Crippen LogP contribution is -2.21. The van der Waals surface area contributed by atoms with E-state index in [0.717, 1.165) is 0 Å². The maximum atomic E-state index is 3.53. The summed E-state index contributed by atoms with van der Waals surface area (Å²) in [4.78, 5) is 0. The highest BCUT2D eigenvalue weighted by atomic mass is 14.9. The fraction of sp³-hybridized carbons (Fsp3) is 1.00. The second-order valence-electron chi connectivity index (χ2n) is 5.37. The predicted octanol–water partition coefficient (Wildman–Crippen LogP) is 2.92. The van der Waals surface area contributed by atoms with Gasteiger partial charge in [-0.15, -0.1) is 0 Å². The van der Waals surface area contributed by atoms with Crippen molar-refractivity contribution in [1.82, 2.24) is 16.0 Å². The van der Waals surface area contributed by atoms with Crippen LogP contribution in [0.3, 0.4) is 0 Å². The summed E-state index contributed by atoms with van der Waals surface area (Å²) in [7, 11) is 0. The molecule has 0 spiro atoms. The molecule has 0 saturated carbocycles. The quantitative estimate of drug-likeness (QED) is 0.378. The fourth-order valence-electron chi connectivity index (χ4n) is 1.98. The van der Waals surface area contributed by atoms with Gasteiger partial charge in [0.15, 0.2) is 0 Å². The Kier molecular flexibility index (Phi) is 17.8. The Morgan fingerprint density at radius 3 is 0.947 bits per heavy atom. The standard InChI is InChI=1S/C16H37N3/c1-3-5-11-17-13-7-9-15-19-16-10-8-14-18-12-6-4-2/h17-19H,3-16H2,1-2H3. The van der Waals surface area contributed by atoms with Crippen LogP contribution in [0.2, 0.25) is 0 Å². The Labute approximate surface area is 121 Å². The Bertz CT molecular complexity index is 135. The molecule has 0 saturated heterocycles. The number of rotatable bonds is 16. The van der Waals surface area contributed by atoms with Crippen molar-refractivity contribution in [3.8, 4) is 0 Å². The first-order valence-electron chi connectivity index (χ1n) is 8.54. The monoisotopic (exact) mass is 271 g/mol. The fourth-order valence-corrected chi connectivity index (χ4v) is 1.98. The van der Waals surface area contributed by atoms with Crippen molar-refractivity contribution in [2.24, 2.45) is 0 Å². The minimum Gasteiger partial charge on any atom is -0.317 e. The van der Waals surface area contributed by atoms with Crippen LogP contribution in [-0.2, 0) is 0 Å². The van der Waals surface area contributed by atoms with Crippen LogP contribution in [-0.4, -0.2) is 39.3 Å². The van der Waals surface area contributed by atoms with Gasteiger partial charge in [-0.05, 0) is 77.8 Å². The van der Waals surface area contributed by atoms with Gasteiger partial charge in [-0.3, -0.25) is 0 Å². The molecule has 0 amide bonds. The van der Waals surface area contributed by atoms with Gasteiger partial charge in [-0.2, -0.15) is 0 Å². The summed E-state index contributed by atoms with van der Waals surface area (Å²) in [6.45, 7) is 11.6. The van der Waals surface area contributed by atoms with Gasteiger partial charge in [-0.1, -0.05) is 26.7 Å². The predicted molar refractivity (Wildman–Crippen MR) is 86.9 cm³/mol. The van der Waals surface area contributed by atoms with E-state index in [2.05, 4.69) is 29.8 Å². The normalized spacial score (nSPS) is 11.1. The molecule has 0 aromatic rings. The average molecular weight is 271 g/mol. The first-order chi connectivity index (χ1) is 9.41. The Morgan fingerprint density at radius 1 is 0.421 bits per heavy atom. The summed E-state index contributed by atoms with van der Waals surface area (Å²) in [5.41, 5.74) is 0. The lowest BCUT2D eigenvalue weighted by molar-refractivity contribution is 0.546. The zero-order valence-electron chi connectivity index (χ0n) is 13.4. The van der Waals surface area contributed by atoms with Gasteiger partial charge in [0.05, 0.1) is 0 Å². The smallest absolute Gasteiger partial charge is 0.00484 e. The van der Waals surface area contributed by atoms with Crippen LogP contribution in [0.4, 0.5) is 0 Å². The molecule has 0 heterocycles. The molecule has 0 bridgehead atoms. The first kappa shape index (κ1) is 18.9. The van der Waals surface area contributed by atoms with Crippen LogP contribution in [0, 0.1) is 0 Å². The maximum Gasteiger partial charge on any atom is -0.00484 e. The summed E-state index contributed by atoms with van der Waals surface area (Å²) in [5, 5.41) is 10.5. The SMILES string of the molecule is CCCCNCCCCNCCCCNCCCC. The number of nitrogens with one attached hydrogen (secondary N) is 3. The van der Waals surface area contributed by atoms with Crippen molar-refractivity contribution in [2.45, 2.75) is 65.2 Å². The van der Waals surface area contributed by atoms with E-state index in [4.69, 9.17) is 0 Å². The molecule has 0 aromatic carbocycles. The van der Waals surface area contributed by atoms with Gasteiger partial charge in [-0.25, -0.2) is 0 Å². The van der Waals surface area contributed by atoms with E-state index in [1.807, 2.05) is 0 Å². The Hall–Kier alpha value is -0.120. The number of hydrogen-bond donors (Lipinski definition) is 3. The molecule has 0 fully saturated rings. The molecule has 19 heavy (non-hydrogen) atoms. The summed E-state index contributed by atoms with van der Waals surface area (Å²) in [6.07, 6.45) is 10.4. The van der Waals surface area contributed by atoms with Crippen molar-refractivity contribution in [1.29, 1.82) is 0 Å². The summed E-state index contributed by atoms with van der Waals surface area (Å²) in [5.74, 6) is 0. The van der Waals surface area contributed by atoms with E-state index in [9.17, 15) is 0 Å². The minimum absolute atomic E-state index is 1.18. The third-order valence-electron chi connectivity index (χ3n) is 3.33. The lowest BCUT2D eigenvalue weighted by Gasteiger charge is -2.06. The van der Waals surface area contributed by atoms with Gasteiger partial charge < -0.3 is 16.0 Å². The van der Waals surface area contributed by atoms with Gasteiger partial charge in [0.1, 0.15) is 0 Å². The molecule has 3 nitrogen and oxygen atoms in total. The van der Waals surface area contributed by atoms with Crippen molar-refractivity contribution < 1.29 is 0 Å². The molecule has 0 rings (SSSR count). The molecular weight excluding hydrogens is 234 g/mol. The van der Waals surface area contributed by atoms with Gasteiger partial charge in [0.25, 0.3) is 0 Å². The highest BCUT2D eigenvalue weighted by molar-refractivity contribution is 4.54. The highest BCUT2D eigenvalue weighted by Crippen LogP contribution is 1.89. The van der Waals surface area contributed by atoms with E-state index >= 15 is 0 Å². The Morgan fingerprint density at radius 2 is 0.684 bits per heavy atom. The second-order valence-corrected chi connectivity index (χ2v) is 5.37. The summed E-state index contributed by atoms with van der Waals surface area (Å²) < 4.78 is 0. The molecule has 0 atom stereocenters. The molecule has 0 aliphatic heterocycles. The Balaban J connectivity index is 2.88. The number of unbranched alkanes of at least 4 members (excludes halogenated alkanes) is 4. The van der Waals surface area contributed by atoms with E-state index in [-0.39, 0.29) is 0 Å². The van der Waals surface area contributed by atoms with Crippen LogP contribution in [0.25, 0.3) is 0 Å². The number of hydrogen-bond acceptors (Lipinski definition) is 3. The van der Waals surface area contributed by atoms with Crippen LogP contribution >= 0.6 is 0 Å². The van der Waals surface area contributed by atoms with Gasteiger partial charge >= 0.3 is 0 Å². The van der Waals surface area contributed by atoms with Crippen molar-refractivity contribution >= 4 is 0 Å². The first-order valence-corrected chi connectivity index (χ1v) is 8.54. The molecule has 3 heteroatoms. The molecule has 0 aliphatic carbocycles. The summed E-state index contributed by atoms with van der Waals surface area (Å²) in [6, 6.07) is 0. The second kappa shape index (κ2) is 17.9. The van der Waals surface area contributed by atoms with E-state index in [1.54, 1.807) is 0 Å². The minimum atomic E-state index is 1.18. The summed E-state index contributed by atoms with van der Waals surface area (Å²) >= 11 is 0. The highest BCUT2D eigenvalue weighted by Gasteiger charge is 1.91. The third kappa shape index (κ3) is 17.9. The maximum absolute atomic E-state index is 3.53. The van der Waals surface area contributed by atoms with Crippen LogP contribution in [0.5, 0.6) is 0 Å². The molecule has 3 N–H and O–H groups in total. The molecule has 0 unspecified atom stereocenters. The zero-order valence-corrected chi connectivity index (χ0v) is 13.4. The van der Waals surface area contributed by atoms with E-state index < -0.39 is 0 Å². The molecule has 0 aliphatic rings. The molecular formula is C16H37N3. The van der Waals surface area contributed by atoms with Crippen molar-refractivity contribution in [3.63, 3.8) is 0 Å². The largest absolute Gasteiger partial charge is 0.317 e.